The van der Waals surface area contributed by atoms with Gasteiger partial charge in [-0.25, -0.2) is 4.79 Å². The first-order chi connectivity index (χ1) is 8.75. The largest absolute Gasteiger partial charge is 0.462 e. The summed E-state index contributed by atoms with van der Waals surface area (Å²) < 4.78 is 5.46. The van der Waals surface area contributed by atoms with Crippen molar-refractivity contribution in [1.29, 1.82) is 0 Å². The van der Waals surface area contributed by atoms with Gasteiger partial charge in [-0.1, -0.05) is 37.3 Å². The van der Waals surface area contributed by atoms with E-state index in [1.54, 1.807) is 12.1 Å². The summed E-state index contributed by atoms with van der Waals surface area (Å²) in [6.45, 7) is 2.83. The van der Waals surface area contributed by atoms with Gasteiger partial charge in [0, 0.05) is 5.92 Å². The van der Waals surface area contributed by atoms with E-state index in [4.69, 9.17) is 4.74 Å². The van der Waals surface area contributed by atoms with E-state index >= 15 is 0 Å². The Kier molecular flexibility index (Phi) is 2.94. The fourth-order valence-corrected chi connectivity index (χ4v) is 3.28. The van der Waals surface area contributed by atoms with Gasteiger partial charge in [-0.2, -0.15) is 0 Å². The van der Waals surface area contributed by atoms with Gasteiger partial charge in [0.2, 0.25) is 0 Å². The zero-order chi connectivity index (χ0) is 12.5. The molecule has 0 aromatic heterocycles. The van der Waals surface area contributed by atoms with E-state index in [9.17, 15) is 4.79 Å². The van der Waals surface area contributed by atoms with E-state index in [1.165, 1.54) is 6.42 Å². The fourth-order valence-electron chi connectivity index (χ4n) is 3.28. The molecule has 4 atom stereocenters. The highest BCUT2D eigenvalue weighted by atomic mass is 16.5. The van der Waals surface area contributed by atoms with Crippen LogP contribution in [-0.2, 0) is 4.74 Å². The molecule has 3 rings (SSSR count). The molecule has 1 aromatic rings. The van der Waals surface area contributed by atoms with E-state index in [2.05, 4.69) is 19.1 Å². The van der Waals surface area contributed by atoms with Gasteiger partial charge in [0.25, 0.3) is 0 Å². The number of carbonyl (C=O) groups excluding carboxylic acids is 1. The van der Waals surface area contributed by atoms with E-state index in [1.807, 2.05) is 18.2 Å². The summed E-state index contributed by atoms with van der Waals surface area (Å²) in [5.74, 6) is 2.27. The zero-order valence-corrected chi connectivity index (χ0v) is 10.6. The maximum Gasteiger partial charge on any atom is 0.338 e. The Bertz CT molecular complexity index is 463. The Balaban J connectivity index is 1.59. The third kappa shape index (κ3) is 1.96. The highest BCUT2D eigenvalue weighted by Gasteiger charge is 2.42. The Morgan fingerprint density at radius 2 is 1.94 bits per heavy atom. The maximum atomic E-state index is 11.9. The SMILES string of the molecule is CC1C2C=CC(C2)C1COC(=O)c1ccccc1. The summed E-state index contributed by atoms with van der Waals surface area (Å²) >= 11 is 0. The third-order valence-corrected chi connectivity index (χ3v) is 4.47. The molecule has 0 heterocycles. The lowest BCUT2D eigenvalue weighted by Crippen LogP contribution is -2.23. The highest BCUT2D eigenvalue weighted by Crippen LogP contribution is 2.47. The van der Waals surface area contributed by atoms with Crippen molar-refractivity contribution < 1.29 is 9.53 Å². The second-order valence-corrected chi connectivity index (χ2v) is 5.44. The topological polar surface area (TPSA) is 26.3 Å². The molecule has 4 unspecified atom stereocenters. The van der Waals surface area contributed by atoms with E-state index in [-0.39, 0.29) is 5.97 Å². The van der Waals surface area contributed by atoms with Crippen LogP contribution in [0.5, 0.6) is 0 Å². The van der Waals surface area contributed by atoms with Crippen LogP contribution in [0.15, 0.2) is 42.5 Å². The van der Waals surface area contributed by atoms with E-state index in [0.29, 0.717) is 35.8 Å². The van der Waals surface area contributed by atoms with Crippen molar-refractivity contribution in [2.75, 3.05) is 6.61 Å². The minimum absolute atomic E-state index is 0.199. The number of ether oxygens (including phenoxy) is 1. The van der Waals surface area contributed by atoms with Crippen molar-refractivity contribution in [2.24, 2.45) is 23.7 Å². The summed E-state index contributed by atoms with van der Waals surface area (Å²) in [5, 5.41) is 0. The molecule has 2 aliphatic rings. The standard InChI is InChI=1S/C16H18O2/c1-11-13-7-8-14(9-13)15(11)10-18-16(17)12-5-3-2-4-6-12/h2-8,11,13-15H,9-10H2,1H3. The molecular formula is C16H18O2. The van der Waals surface area contributed by atoms with Gasteiger partial charge in [0.1, 0.15) is 0 Å². The molecule has 0 spiro atoms. The molecule has 0 radical (unpaired) electrons. The van der Waals surface area contributed by atoms with Crippen molar-refractivity contribution in [3.05, 3.63) is 48.0 Å². The molecule has 2 aliphatic carbocycles. The van der Waals surface area contributed by atoms with Gasteiger partial charge in [-0.05, 0) is 36.3 Å². The normalized spacial score (nSPS) is 32.7. The number of fused-ring (bicyclic) bond motifs is 2. The van der Waals surface area contributed by atoms with Crippen LogP contribution in [0.1, 0.15) is 23.7 Å². The quantitative estimate of drug-likeness (QED) is 0.600. The average molecular weight is 242 g/mol. The van der Waals surface area contributed by atoms with E-state index < -0.39 is 0 Å². The number of carbonyl (C=O) groups is 1. The molecule has 2 nitrogen and oxygen atoms in total. The van der Waals surface area contributed by atoms with Crippen molar-refractivity contribution in [3.8, 4) is 0 Å². The Hall–Kier alpha value is -1.57. The van der Waals surface area contributed by atoms with E-state index in [0.717, 1.165) is 0 Å². The van der Waals surface area contributed by atoms with Gasteiger partial charge in [-0.15, -0.1) is 0 Å². The van der Waals surface area contributed by atoms with Crippen LogP contribution in [0.25, 0.3) is 0 Å². The van der Waals surface area contributed by atoms with Crippen LogP contribution in [0, 0.1) is 23.7 Å². The molecule has 0 N–H and O–H groups in total. The molecule has 94 valence electrons. The highest BCUT2D eigenvalue weighted by molar-refractivity contribution is 5.89. The van der Waals surface area contributed by atoms with Crippen molar-refractivity contribution in [3.63, 3.8) is 0 Å². The molecule has 2 heteroatoms. The summed E-state index contributed by atoms with van der Waals surface area (Å²) in [5.41, 5.74) is 0.642. The smallest absolute Gasteiger partial charge is 0.338 e. The fraction of sp³-hybridized carbons (Fsp3) is 0.438. The maximum absolute atomic E-state index is 11.9. The predicted molar refractivity (Wildman–Crippen MR) is 70.1 cm³/mol. The summed E-state index contributed by atoms with van der Waals surface area (Å²) in [6.07, 6.45) is 5.87. The molecule has 1 saturated carbocycles. The number of rotatable bonds is 3. The van der Waals surface area contributed by atoms with Gasteiger partial charge in [0.15, 0.2) is 0 Å². The van der Waals surface area contributed by atoms with Crippen LogP contribution in [0.4, 0.5) is 0 Å². The van der Waals surface area contributed by atoms with Crippen molar-refractivity contribution in [2.45, 2.75) is 13.3 Å². The second-order valence-electron chi connectivity index (χ2n) is 5.44. The molecule has 0 saturated heterocycles. The third-order valence-electron chi connectivity index (χ3n) is 4.47. The van der Waals surface area contributed by atoms with Crippen LogP contribution >= 0.6 is 0 Å². The van der Waals surface area contributed by atoms with Crippen molar-refractivity contribution >= 4 is 5.97 Å². The molecule has 1 fully saturated rings. The van der Waals surface area contributed by atoms with Crippen LogP contribution in [0.3, 0.4) is 0 Å². The van der Waals surface area contributed by atoms with Gasteiger partial charge < -0.3 is 4.74 Å². The minimum Gasteiger partial charge on any atom is -0.462 e. The lowest BCUT2D eigenvalue weighted by atomic mass is 9.85. The Labute approximate surface area is 108 Å². The van der Waals surface area contributed by atoms with Gasteiger partial charge in [0.05, 0.1) is 12.2 Å². The lowest BCUT2D eigenvalue weighted by Gasteiger charge is -2.24. The monoisotopic (exact) mass is 242 g/mol. The first-order valence-corrected chi connectivity index (χ1v) is 6.66. The molecule has 18 heavy (non-hydrogen) atoms. The van der Waals surface area contributed by atoms with Gasteiger partial charge >= 0.3 is 5.97 Å². The van der Waals surface area contributed by atoms with Crippen LogP contribution in [-0.4, -0.2) is 12.6 Å². The predicted octanol–water partition coefficient (Wildman–Crippen LogP) is 3.30. The molecule has 0 amide bonds. The summed E-state index contributed by atoms with van der Waals surface area (Å²) in [7, 11) is 0. The number of hydrogen-bond acceptors (Lipinski definition) is 2. The summed E-state index contributed by atoms with van der Waals surface area (Å²) in [4.78, 5) is 11.9. The molecular weight excluding hydrogens is 224 g/mol. The molecule has 0 aliphatic heterocycles. The number of benzene rings is 1. The Morgan fingerprint density at radius 3 is 2.61 bits per heavy atom. The first-order valence-electron chi connectivity index (χ1n) is 6.66. The summed E-state index contributed by atoms with van der Waals surface area (Å²) in [6, 6.07) is 9.22. The Morgan fingerprint density at radius 1 is 1.22 bits per heavy atom. The molecule has 2 bridgehead atoms. The first kappa shape index (κ1) is 11.5. The minimum atomic E-state index is -0.199. The lowest BCUT2D eigenvalue weighted by molar-refractivity contribution is 0.0383. The number of esters is 1. The van der Waals surface area contributed by atoms with Crippen LogP contribution in [0.2, 0.25) is 0 Å². The van der Waals surface area contributed by atoms with Crippen molar-refractivity contribution in [1.82, 2.24) is 0 Å². The molecule has 1 aromatic carbocycles. The second kappa shape index (κ2) is 4.60. The zero-order valence-electron chi connectivity index (χ0n) is 10.6. The average Bonchev–Trinajstić information content (AvgIpc) is 2.99. The number of hydrogen-bond donors (Lipinski definition) is 0. The number of allylic oxidation sites excluding steroid dienone is 2. The van der Waals surface area contributed by atoms with Crippen LogP contribution < -0.4 is 0 Å². The van der Waals surface area contributed by atoms with Gasteiger partial charge in [-0.3, -0.25) is 0 Å².